The van der Waals surface area contributed by atoms with Crippen LogP contribution in [0, 0.1) is 0 Å². The van der Waals surface area contributed by atoms with Crippen molar-refractivity contribution in [3.05, 3.63) is 72.1 Å². The fourth-order valence-electron chi connectivity index (χ4n) is 2.68. The molecule has 0 atom stereocenters. The molecule has 0 aliphatic heterocycles. The molecule has 2 N–H and O–H groups in total. The number of nitrogens with zero attached hydrogens (tertiary/aromatic N) is 2. The first-order valence-corrected chi connectivity index (χ1v) is 8.20. The van der Waals surface area contributed by atoms with E-state index >= 15 is 0 Å². The van der Waals surface area contributed by atoms with Gasteiger partial charge in [-0.15, -0.1) is 24.0 Å². The van der Waals surface area contributed by atoms with Crippen LogP contribution in [0.3, 0.4) is 0 Å². The van der Waals surface area contributed by atoms with Gasteiger partial charge < -0.3 is 15.4 Å². The van der Waals surface area contributed by atoms with Gasteiger partial charge in [0.2, 0.25) is 0 Å². The molecular formula is C20H23IN4O. The number of benzene rings is 2. The normalized spacial score (nSPS) is 10.9. The summed E-state index contributed by atoms with van der Waals surface area (Å²) in [5, 5.41) is 8.97. The van der Waals surface area contributed by atoms with Crippen LogP contribution < -0.4 is 15.4 Å². The van der Waals surface area contributed by atoms with Crippen molar-refractivity contribution in [1.29, 1.82) is 0 Å². The molecule has 0 saturated heterocycles. The van der Waals surface area contributed by atoms with Gasteiger partial charge in [-0.2, -0.15) is 0 Å². The van der Waals surface area contributed by atoms with Crippen molar-refractivity contribution in [2.75, 3.05) is 14.2 Å². The van der Waals surface area contributed by atoms with Crippen LogP contribution in [0.15, 0.2) is 65.8 Å². The van der Waals surface area contributed by atoms with E-state index in [2.05, 4.69) is 38.8 Å². The van der Waals surface area contributed by atoms with Gasteiger partial charge in [-0.05, 0) is 29.1 Å². The Bertz CT molecular complexity index is 877. The summed E-state index contributed by atoms with van der Waals surface area (Å²) in [4.78, 5) is 8.77. The highest BCUT2D eigenvalue weighted by Gasteiger charge is 2.04. The van der Waals surface area contributed by atoms with E-state index in [1.807, 2.05) is 42.6 Å². The summed E-state index contributed by atoms with van der Waals surface area (Å²) in [6, 6.07) is 18.2. The molecule has 0 bridgehead atoms. The molecule has 2 aromatic carbocycles. The number of aromatic nitrogens is 1. The van der Waals surface area contributed by atoms with Crippen LogP contribution in [-0.4, -0.2) is 25.1 Å². The zero-order valence-electron chi connectivity index (χ0n) is 14.9. The van der Waals surface area contributed by atoms with Gasteiger partial charge in [0.25, 0.3) is 0 Å². The molecule has 3 rings (SSSR count). The van der Waals surface area contributed by atoms with Crippen LogP contribution in [0.2, 0.25) is 0 Å². The van der Waals surface area contributed by atoms with Crippen molar-refractivity contribution in [3.63, 3.8) is 0 Å². The second-order valence-electron chi connectivity index (χ2n) is 5.61. The van der Waals surface area contributed by atoms with Crippen molar-refractivity contribution in [1.82, 2.24) is 15.6 Å². The Morgan fingerprint density at radius 1 is 1.04 bits per heavy atom. The predicted molar refractivity (Wildman–Crippen MR) is 117 cm³/mol. The van der Waals surface area contributed by atoms with Crippen LogP contribution >= 0.6 is 24.0 Å². The lowest BCUT2D eigenvalue weighted by atomic mass is 10.1. The molecule has 1 heterocycles. The topological polar surface area (TPSA) is 58.5 Å². The Morgan fingerprint density at radius 3 is 2.65 bits per heavy atom. The highest BCUT2D eigenvalue weighted by Crippen LogP contribution is 2.16. The fraction of sp³-hybridized carbons (Fsp3) is 0.200. The summed E-state index contributed by atoms with van der Waals surface area (Å²) in [5.41, 5.74) is 2.13. The number of methoxy groups -OCH3 is 1. The second kappa shape index (κ2) is 9.96. The monoisotopic (exact) mass is 462 g/mol. The average molecular weight is 462 g/mol. The highest BCUT2D eigenvalue weighted by molar-refractivity contribution is 14.0. The number of guanidine groups is 1. The van der Waals surface area contributed by atoms with Crippen molar-refractivity contribution >= 4 is 40.7 Å². The van der Waals surface area contributed by atoms with E-state index in [0.717, 1.165) is 28.4 Å². The maximum atomic E-state index is 5.25. The number of fused-ring (bicyclic) bond motifs is 1. The molecule has 0 spiro atoms. The Hall–Kier alpha value is -2.35. The lowest BCUT2D eigenvalue weighted by Crippen LogP contribution is -2.36. The summed E-state index contributed by atoms with van der Waals surface area (Å²) in [5.74, 6) is 1.58. The first-order valence-electron chi connectivity index (χ1n) is 8.20. The molecule has 3 aromatic rings. The average Bonchev–Trinajstić information content (AvgIpc) is 2.68. The Balaban J connectivity index is 0.00000243. The molecule has 0 radical (unpaired) electrons. The summed E-state index contributed by atoms with van der Waals surface area (Å²) in [7, 11) is 3.43. The molecule has 26 heavy (non-hydrogen) atoms. The van der Waals surface area contributed by atoms with Crippen LogP contribution in [0.5, 0.6) is 5.75 Å². The summed E-state index contributed by atoms with van der Waals surface area (Å²) in [6.45, 7) is 1.28. The van der Waals surface area contributed by atoms with Crippen molar-refractivity contribution in [3.8, 4) is 5.75 Å². The van der Waals surface area contributed by atoms with E-state index in [1.165, 1.54) is 5.39 Å². The van der Waals surface area contributed by atoms with Crippen molar-refractivity contribution < 1.29 is 4.74 Å². The summed E-state index contributed by atoms with van der Waals surface area (Å²) in [6.07, 6.45) is 1.84. The van der Waals surface area contributed by atoms with E-state index < -0.39 is 0 Å². The minimum absolute atomic E-state index is 0. The zero-order valence-corrected chi connectivity index (χ0v) is 17.2. The minimum atomic E-state index is 0. The zero-order chi connectivity index (χ0) is 17.5. The van der Waals surface area contributed by atoms with Gasteiger partial charge >= 0.3 is 0 Å². The third kappa shape index (κ3) is 5.08. The maximum Gasteiger partial charge on any atom is 0.191 e. The minimum Gasteiger partial charge on any atom is -0.497 e. The molecule has 0 amide bonds. The number of aliphatic imine (C=N–C) groups is 1. The van der Waals surface area contributed by atoms with Crippen LogP contribution in [-0.2, 0) is 13.1 Å². The standard InChI is InChI=1S/C20H22N4O.HI/c1-21-20(23-13-15-6-5-8-17(12-15)25-2)24-14-19-18-9-4-3-7-16(18)10-11-22-19;/h3-12H,13-14H2,1-2H3,(H2,21,23,24);1H. The third-order valence-corrected chi connectivity index (χ3v) is 4.00. The second-order valence-corrected chi connectivity index (χ2v) is 5.61. The van der Waals surface area contributed by atoms with Gasteiger partial charge in [0, 0.05) is 25.2 Å². The first kappa shape index (κ1) is 20.0. The molecule has 1 aromatic heterocycles. The molecule has 0 fully saturated rings. The van der Waals surface area contributed by atoms with E-state index in [4.69, 9.17) is 4.74 Å². The number of halogens is 1. The lowest BCUT2D eigenvalue weighted by molar-refractivity contribution is 0.414. The summed E-state index contributed by atoms with van der Waals surface area (Å²) < 4.78 is 5.25. The quantitative estimate of drug-likeness (QED) is 0.345. The van der Waals surface area contributed by atoms with Gasteiger partial charge in [0.05, 0.1) is 19.3 Å². The van der Waals surface area contributed by atoms with Gasteiger partial charge in [0.15, 0.2) is 5.96 Å². The van der Waals surface area contributed by atoms with E-state index in [9.17, 15) is 0 Å². The Morgan fingerprint density at radius 2 is 1.85 bits per heavy atom. The van der Waals surface area contributed by atoms with Crippen molar-refractivity contribution in [2.24, 2.45) is 4.99 Å². The molecule has 0 aliphatic rings. The highest BCUT2D eigenvalue weighted by atomic mass is 127. The van der Waals surface area contributed by atoms with E-state index in [0.29, 0.717) is 13.1 Å². The predicted octanol–water partition coefficient (Wildman–Crippen LogP) is 3.73. The Labute approximate surface area is 170 Å². The molecule has 136 valence electrons. The number of hydrogen-bond acceptors (Lipinski definition) is 3. The number of hydrogen-bond donors (Lipinski definition) is 2. The number of rotatable bonds is 5. The van der Waals surface area contributed by atoms with Gasteiger partial charge in [0.1, 0.15) is 5.75 Å². The Kier molecular flexibility index (Phi) is 7.65. The number of ether oxygens (including phenoxy) is 1. The molecule has 0 saturated carbocycles. The van der Waals surface area contributed by atoms with Crippen LogP contribution in [0.1, 0.15) is 11.3 Å². The van der Waals surface area contributed by atoms with Gasteiger partial charge in [-0.1, -0.05) is 36.4 Å². The molecule has 6 heteroatoms. The molecular weight excluding hydrogens is 439 g/mol. The van der Waals surface area contributed by atoms with E-state index in [-0.39, 0.29) is 24.0 Å². The number of pyridine rings is 1. The smallest absolute Gasteiger partial charge is 0.191 e. The van der Waals surface area contributed by atoms with Crippen molar-refractivity contribution in [2.45, 2.75) is 13.1 Å². The number of nitrogens with one attached hydrogen (secondary N) is 2. The fourth-order valence-corrected chi connectivity index (χ4v) is 2.68. The van der Waals surface area contributed by atoms with E-state index in [1.54, 1.807) is 14.2 Å². The van der Waals surface area contributed by atoms with Crippen LogP contribution in [0.25, 0.3) is 10.8 Å². The largest absolute Gasteiger partial charge is 0.497 e. The summed E-state index contributed by atoms with van der Waals surface area (Å²) >= 11 is 0. The van der Waals surface area contributed by atoms with Gasteiger partial charge in [-0.3, -0.25) is 9.98 Å². The molecule has 0 unspecified atom stereocenters. The SMILES string of the molecule is CN=C(NCc1cccc(OC)c1)NCc1nccc2ccccc12.I. The molecule has 5 nitrogen and oxygen atoms in total. The maximum absolute atomic E-state index is 5.25. The van der Waals surface area contributed by atoms with Crippen LogP contribution in [0.4, 0.5) is 0 Å². The first-order chi connectivity index (χ1) is 12.3. The molecule has 0 aliphatic carbocycles. The lowest BCUT2D eigenvalue weighted by Gasteiger charge is -2.13. The third-order valence-electron chi connectivity index (χ3n) is 4.00. The van der Waals surface area contributed by atoms with Gasteiger partial charge in [-0.25, -0.2) is 0 Å².